The molecule has 0 radical (unpaired) electrons. The Bertz CT molecular complexity index is 2830. The van der Waals surface area contributed by atoms with E-state index in [0.717, 1.165) is 22.7 Å². The maximum Gasteiger partial charge on any atom is 0.0541 e. The van der Waals surface area contributed by atoms with Gasteiger partial charge in [-0.2, -0.15) is 0 Å². The topological polar surface area (TPSA) is 8.17 Å². The smallest absolute Gasteiger partial charge is 0.0541 e. The van der Waals surface area contributed by atoms with Crippen LogP contribution in [0.3, 0.4) is 0 Å². The van der Waals surface area contributed by atoms with Gasteiger partial charge in [0.2, 0.25) is 0 Å². The van der Waals surface area contributed by atoms with Crippen LogP contribution < -0.4 is 4.90 Å². The quantitative estimate of drug-likeness (QED) is 0.171. The first-order valence-corrected chi connectivity index (χ1v) is 18.2. The van der Waals surface area contributed by atoms with Gasteiger partial charge >= 0.3 is 0 Å². The second-order valence-electron chi connectivity index (χ2n) is 13.0. The van der Waals surface area contributed by atoms with Gasteiger partial charge < -0.3 is 9.47 Å². The molecule has 0 aliphatic carbocycles. The van der Waals surface area contributed by atoms with Gasteiger partial charge in [0.1, 0.15) is 0 Å². The first-order valence-electron chi connectivity index (χ1n) is 17.4. The van der Waals surface area contributed by atoms with E-state index in [1.165, 1.54) is 64.2 Å². The maximum absolute atomic E-state index is 2.40. The highest BCUT2D eigenvalue weighted by molar-refractivity contribution is 7.26. The van der Waals surface area contributed by atoms with Crippen LogP contribution in [0.2, 0.25) is 0 Å². The zero-order valence-corrected chi connectivity index (χ0v) is 28.6. The van der Waals surface area contributed by atoms with Crippen molar-refractivity contribution in [2.45, 2.75) is 0 Å². The normalized spacial score (nSPS) is 11.5. The van der Waals surface area contributed by atoms with Gasteiger partial charge in [0.15, 0.2) is 0 Å². The highest BCUT2D eigenvalue weighted by Crippen LogP contribution is 2.42. The standard InChI is InChI=1S/C48H32N2S/c1-3-12-33(13-4-1)34-22-25-37(26-23-34)49(36-14-5-2-6-15-36)38-27-29-39(30-28-38)50-45-20-9-7-16-41(45)44-32-35(24-31-46(44)50)40-18-11-19-43-42-17-8-10-21-47(42)51-48(40)43/h1-32H. The summed E-state index contributed by atoms with van der Waals surface area (Å²) in [7, 11) is 0. The minimum absolute atomic E-state index is 1.11. The number of thiophene rings is 1. The van der Waals surface area contributed by atoms with E-state index >= 15 is 0 Å². The van der Waals surface area contributed by atoms with Gasteiger partial charge in [0.25, 0.3) is 0 Å². The number of para-hydroxylation sites is 2. The van der Waals surface area contributed by atoms with Crippen LogP contribution >= 0.6 is 11.3 Å². The average Bonchev–Trinajstić information content (AvgIpc) is 3.75. The molecule has 0 spiro atoms. The van der Waals surface area contributed by atoms with E-state index in [-0.39, 0.29) is 0 Å². The summed E-state index contributed by atoms with van der Waals surface area (Å²) in [6.45, 7) is 0. The Morgan fingerprint density at radius 2 is 0.941 bits per heavy atom. The van der Waals surface area contributed by atoms with Crippen LogP contribution in [0.15, 0.2) is 194 Å². The summed E-state index contributed by atoms with van der Waals surface area (Å²) < 4.78 is 5.07. The molecule has 10 rings (SSSR count). The highest BCUT2D eigenvalue weighted by Gasteiger charge is 2.17. The molecule has 0 saturated heterocycles. The molecule has 0 N–H and O–H groups in total. The van der Waals surface area contributed by atoms with E-state index in [0.29, 0.717) is 0 Å². The molecule has 2 nitrogen and oxygen atoms in total. The molecular formula is C48H32N2S. The molecule has 0 fully saturated rings. The monoisotopic (exact) mass is 668 g/mol. The number of anilines is 3. The number of fused-ring (bicyclic) bond motifs is 6. The van der Waals surface area contributed by atoms with Gasteiger partial charge in [-0.1, -0.05) is 121 Å². The van der Waals surface area contributed by atoms with E-state index < -0.39 is 0 Å². The number of hydrogen-bond donors (Lipinski definition) is 0. The van der Waals surface area contributed by atoms with Crippen LogP contribution in [-0.4, -0.2) is 4.57 Å². The molecule has 0 bridgehead atoms. The van der Waals surface area contributed by atoms with Gasteiger partial charge in [0, 0.05) is 53.7 Å². The maximum atomic E-state index is 2.40. The lowest BCUT2D eigenvalue weighted by Gasteiger charge is -2.26. The van der Waals surface area contributed by atoms with Gasteiger partial charge in [-0.15, -0.1) is 11.3 Å². The van der Waals surface area contributed by atoms with Crippen LogP contribution in [-0.2, 0) is 0 Å². The molecule has 3 heteroatoms. The lowest BCUT2D eigenvalue weighted by atomic mass is 10.0. The Kier molecular flexibility index (Phi) is 7.04. The second kappa shape index (κ2) is 12.2. The summed E-state index contributed by atoms with van der Waals surface area (Å²) in [5, 5.41) is 5.17. The average molecular weight is 669 g/mol. The van der Waals surface area contributed by atoms with Crippen molar-refractivity contribution in [3.8, 4) is 27.9 Å². The molecule has 2 aromatic heterocycles. The molecule has 0 saturated carbocycles. The Labute approximate surface area is 300 Å². The third-order valence-electron chi connectivity index (χ3n) is 10.0. The minimum atomic E-state index is 1.11. The molecule has 0 aliphatic rings. The van der Waals surface area contributed by atoms with E-state index in [2.05, 4.69) is 204 Å². The van der Waals surface area contributed by atoms with E-state index in [1.54, 1.807) is 0 Å². The van der Waals surface area contributed by atoms with Crippen LogP contribution in [0.25, 0.3) is 69.9 Å². The Hall–Kier alpha value is -6.42. The second-order valence-corrected chi connectivity index (χ2v) is 14.0. The number of hydrogen-bond acceptors (Lipinski definition) is 2. The van der Waals surface area contributed by atoms with Crippen molar-refractivity contribution in [2.75, 3.05) is 4.90 Å². The van der Waals surface area contributed by atoms with E-state index in [1.807, 2.05) is 11.3 Å². The van der Waals surface area contributed by atoms with Crippen molar-refractivity contribution in [2.24, 2.45) is 0 Å². The third kappa shape index (κ3) is 5.01. The van der Waals surface area contributed by atoms with Crippen molar-refractivity contribution < 1.29 is 0 Å². The number of nitrogens with zero attached hydrogens (tertiary/aromatic N) is 2. The predicted octanol–water partition coefficient (Wildman–Crippen LogP) is 14.0. The summed E-state index contributed by atoms with van der Waals surface area (Å²) in [4.78, 5) is 2.32. The van der Waals surface area contributed by atoms with Crippen LogP contribution in [0.1, 0.15) is 0 Å². The summed E-state index contributed by atoms with van der Waals surface area (Å²) >= 11 is 1.88. The molecule has 0 aliphatic heterocycles. The Morgan fingerprint density at radius 3 is 1.73 bits per heavy atom. The van der Waals surface area contributed by atoms with Gasteiger partial charge in [-0.25, -0.2) is 0 Å². The minimum Gasteiger partial charge on any atom is -0.311 e. The number of rotatable bonds is 6. The van der Waals surface area contributed by atoms with Crippen LogP contribution in [0.4, 0.5) is 17.1 Å². The fraction of sp³-hybridized carbons (Fsp3) is 0. The fourth-order valence-electron chi connectivity index (χ4n) is 7.60. The summed E-state index contributed by atoms with van der Waals surface area (Å²) in [6.07, 6.45) is 0. The number of benzene rings is 8. The van der Waals surface area contributed by atoms with Crippen molar-refractivity contribution >= 4 is 70.4 Å². The lowest BCUT2D eigenvalue weighted by molar-refractivity contribution is 1.17. The van der Waals surface area contributed by atoms with Gasteiger partial charge in [-0.05, 0) is 95.1 Å². The fourth-order valence-corrected chi connectivity index (χ4v) is 8.84. The molecule has 8 aromatic carbocycles. The Morgan fingerprint density at radius 1 is 0.373 bits per heavy atom. The van der Waals surface area contributed by atoms with Gasteiger partial charge in [0.05, 0.1) is 11.0 Å². The first kappa shape index (κ1) is 29.5. The van der Waals surface area contributed by atoms with Crippen molar-refractivity contribution in [3.05, 3.63) is 194 Å². The molecule has 0 amide bonds. The summed E-state index contributed by atoms with van der Waals surface area (Å²) in [6, 6.07) is 70.2. The van der Waals surface area contributed by atoms with Crippen molar-refractivity contribution in [1.29, 1.82) is 0 Å². The molecule has 0 unspecified atom stereocenters. The van der Waals surface area contributed by atoms with E-state index in [9.17, 15) is 0 Å². The molecule has 51 heavy (non-hydrogen) atoms. The summed E-state index contributed by atoms with van der Waals surface area (Å²) in [5.74, 6) is 0. The molecular weight excluding hydrogens is 637 g/mol. The SMILES string of the molecule is c1ccc(-c2ccc(N(c3ccccc3)c3ccc(-n4c5ccccc5c5cc(-c6cccc7c6sc6ccccc67)ccc54)cc3)cc2)cc1. The zero-order valence-electron chi connectivity index (χ0n) is 27.8. The van der Waals surface area contributed by atoms with Crippen LogP contribution in [0.5, 0.6) is 0 Å². The predicted molar refractivity (Wildman–Crippen MR) is 219 cm³/mol. The van der Waals surface area contributed by atoms with E-state index in [4.69, 9.17) is 0 Å². The number of aromatic nitrogens is 1. The van der Waals surface area contributed by atoms with Crippen molar-refractivity contribution in [1.82, 2.24) is 4.57 Å². The first-order chi connectivity index (χ1) is 25.3. The summed E-state index contributed by atoms with van der Waals surface area (Å²) in [5.41, 5.74) is 11.8. The Balaban J connectivity index is 1.07. The molecule has 240 valence electrons. The highest BCUT2D eigenvalue weighted by atomic mass is 32.1. The largest absolute Gasteiger partial charge is 0.311 e. The molecule has 10 aromatic rings. The van der Waals surface area contributed by atoms with Gasteiger partial charge in [-0.3, -0.25) is 0 Å². The van der Waals surface area contributed by atoms with Crippen molar-refractivity contribution in [3.63, 3.8) is 0 Å². The molecule has 0 atom stereocenters. The third-order valence-corrected chi connectivity index (χ3v) is 11.2. The molecule has 2 heterocycles. The lowest BCUT2D eigenvalue weighted by Crippen LogP contribution is -2.10. The van der Waals surface area contributed by atoms with Crippen LogP contribution in [0, 0.1) is 0 Å². The zero-order chi connectivity index (χ0) is 33.7.